The normalized spacial score (nSPS) is 12.3. The Kier molecular flexibility index (Phi) is 7.60. The number of imide groups is 1. The highest BCUT2D eigenvalue weighted by atomic mass is 32.2. The predicted octanol–water partition coefficient (Wildman–Crippen LogP) is -0.827. The van der Waals surface area contributed by atoms with Crippen molar-refractivity contribution in [2.75, 3.05) is 19.3 Å². The van der Waals surface area contributed by atoms with Crippen LogP contribution < -0.4 is 15.4 Å². The Morgan fingerprint density at radius 2 is 1.62 bits per heavy atom. The van der Waals surface area contributed by atoms with Gasteiger partial charge >= 0.3 is 12.0 Å². The molecule has 0 heterocycles. The number of hydrogen-bond donors (Lipinski definition) is 4. The van der Waals surface area contributed by atoms with Gasteiger partial charge in [-0.15, -0.1) is 0 Å². The highest BCUT2D eigenvalue weighted by molar-refractivity contribution is 7.88. The van der Waals surface area contributed by atoms with Gasteiger partial charge in [0.25, 0.3) is 5.91 Å². The molecule has 0 aromatic heterocycles. The van der Waals surface area contributed by atoms with Crippen LogP contribution >= 0.6 is 0 Å². The number of urea groups is 1. The molecule has 0 rings (SSSR count). The molecule has 21 heavy (non-hydrogen) atoms. The summed E-state index contributed by atoms with van der Waals surface area (Å²) in [6, 6.07) is -0.781. The second-order valence-corrected chi connectivity index (χ2v) is 6.12. The number of carboxylic acids is 1. The van der Waals surface area contributed by atoms with Crippen molar-refractivity contribution in [2.45, 2.75) is 20.3 Å². The van der Waals surface area contributed by atoms with E-state index in [-0.39, 0.29) is 24.2 Å². The van der Waals surface area contributed by atoms with Crippen molar-refractivity contribution in [3.05, 3.63) is 11.1 Å². The molecule has 120 valence electrons. The molecule has 0 radical (unpaired) electrons. The molecule has 0 aromatic rings. The van der Waals surface area contributed by atoms with Crippen molar-refractivity contribution in [1.82, 2.24) is 15.4 Å². The molecule has 4 N–H and O–H groups in total. The summed E-state index contributed by atoms with van der Waals surface area (Å²) < 4.78 is 23.8. The third-order valence-corrected chi connectivity index (χ3v) is 3.18. The first-order valence-electron chi connectivity index (χ1n) is 5.99. The van der Waals surface area contributed by atoms with Gasteiger partial charge in [-0.25, -0.2) is 22.7 Å². The number of hydrogen-bond acceptors (Lipinski definition) is 5. The molecule has 0 aliphatic rings. The van der Waals surface area contributed by atoms with Crippen molar-refractivity contribution in [3.8, 4) is 0 Å². The van der Waals surface area contributed by atoms with Crippen LogP contribution in [0.4, 0.5) is 4.79 Å². The smallest absolute Gasteiger partial charge is 0.331 e. The van der Waals surface area contributed by atoms with Crippen molar-refractivity contribution in [1.29, 1.82) is 0 Å². The van der Waals surface area contributed by atoms with E-state index in [0.29, 0.717) is 6.42 Å². The number of carboxylic acid groups (broad SMARTS) is 1. The lowest BCUT2D eigenvalue weighted by molar-refractivity contribution is -0.133. The van der Waals surface area contributed by atoms with Gasteiger partial charge in [-0.2, -0.15) is 0 Å². The molecular formula is C11H19N3O6S. The van der Waals surface area contributed by atoms with Crippen LogP contribution in [0.3, 0.4) is 0 Å². The SMILES string of the molecule is CC(C(=O)O)=C(C)C(=O)NC(=O)NCCCNS(C)(=O)=O. The Morgan fingerprint density at radius 1 is 1.05 bits per heavy atom. The van der Waals surface area contributed by atoms with E-state index >= 15 is 0 Å². The zero-order valence-corrected chi connectivity index (χ0v) is 12.8. The average molecular weight is 321 g/mol. The molecule has 9 nitrogen and oxygen atoms in total. The summed E-state index contributed by atoms with van der Waals surface area (Å²) >= 11 is 0. The van der Waals surface area contributed by atoms with Crippen LogP contribution in [0.2, 0.25) is 0 Å². The second-order valence-electron chi connectivity index (χ2n) is 4.29. The van der Waals surface area contributed by atoms with E-state index in [4.69, 9.17) is 5.11 Å². The molecule has 0 bridgehead atoms. The van der Waals surface area contributed by atoms with E-state index in [1.165, 1.54) is 13.8 Å². The minimum absolute atomic E-state index is 0.0728. The first-order valence-corrected chi connectivity index (χ1v) is 7.88. The first kappa shape index (κ1) is 19.1. The van der Waals surface area contributed by atoms with Crippen LogP contribution in [0.5, 0.6) is 0 Å². The van der Waals surface area contributed by atoms with Crippen LogP contribution in [-0.4, -0.2) is 50.8 Å². The maximum Gasteiger partial charge on any atom is 0.331 e. The molecule has 0 spiro atoms. The second kappa shape index (κ2) is 8.37. The zero-order chi connectivity index (χ0) is 16.6. The molecule has 0 saturated heterocycles. The molecule has 0 fully saturated rings. The Hall–Kier alpha value is -1.94. The van der Waals surface area contributed by atoms with Crippen molar-refractivity contribution in [3.63, 3.8) is 0 Å². The van der Waals surface area contributed by atoms with Crippen molar-refractivity contribution < 1.29 is 27.9 Å². The van der Waals surface area contributed by atoms with Crippen LogP contribution in [0.15, 0.2) is 11.1 Å². The quantitative estimate of drug-likeness (QED) is 0.356. The molecule has 0 saturated carbocycles. The van der Waals surface area contributed by atoms with Gasteiger partial charge in [0, 0.05) is 24.2 Å². The van der Waals surface area contributed by atoms with Crippen LogP contribution in [0, 0.1) is 0 Å². The summed E-state index contributed by atoms with van der Waals surface area (Å²) in [5.41, 5.74) is -0.228. The zero-order valence-electron chi connectivity index (χ0n) is 12.0. The largest absolute Gasteiger partial charge is 0.478 e. The van der Waals surface area contributed by atoms with E-state index in [0.717, 1.165) is 6.26 Å². The average Bonchev–Trinajstić information content (AvgIpc) is 2.34. The van der Waals surface area contributed by atoms with E-state index in [1.807, 2.05) is 5.32 Å². The fourth-order valence-electron chi connectivity index (χ4n) is 1.12. The van der Waals surface area contributed by atoms with Gasteiger partial charge in [-0.05, 0) is 20.3 Å². The third-order valence-electron chi connectivity index (χ3n) is 2.45. The summed E-state index contributed by atoms with van der Waals surface area (Å²) in [4.78, 5) is 33.6. The number of amides is 3. The van der Waals surface area contributed by atoms with E-state index in [2.05, 4.69) is 10.0 Å². The Bertz CT molecular complexity index is 552. The monoisotopic (exact) mass is 321 g/mol. The van der Waals surface area contributed by atoms with Gasteiger partial charge in [0.1, 0.15) is 0 Å². The molecule has 0 aliphatic carbocycles. The number of carbonyl (C=O) groups excluding carboxylic acids is 2. The van der Waals surface area contributed by atoms with Gasteiger partial charge in [0.15, 0.2) is 0 Å². The molecule has 0 unspecified atom stereocenters. The molecule has 3 amide bonds. The lowest BCUT2D eigenvalue weighted by Gasteiger charge is -2.08. The van der Waals surface area contributed by atoms with Gasteiger partial charge in [-0.1, -0.05) is 0 Å². The van der Waals surface area contributed by atoms with E-state index < -0.39 is 27.9 Å². The topological polar surface area (TPSA) is 142 Å². The molecule has 10 heteroatoms. The van der Waals surface area contributed by atoms with Gasteiger partial charge in [0.05, 0.1) is 6.26 Å². The Morgan fingerprint density at radius 3 is 2.10 bits per heavy atom. The summed E-state index contributed by atoms with van der Waals surface area (Å²) in [6.45, 7) is 2.86. The van der Waals surface area contributed by atoms with Crippen LogP contribution in [-0.2, 0) is 19.6 Å². The fraction of sp³-hybridized carbons (Fsp3) is 0.545. The van der Waals surface area contributed by atoms with E-state index in [1.54, 1.807) is 0 Å². The molecule has 0 aliphatic heterocycles. The number of sulfonamides is 1. The summed E-state index contributed by atoms with van der Waals surface area (Å²) in [5, 5.41) is 13.0. The Balaban J connectivity index is 4.14. The maximum absolute atomic E-state index is 11.5. The summed E-state index contributed by atoms with van der Waals surface area (Å²) in [5.74, 6) is -2.04. The lowest BCUT2D eigenvalue weighted by Crippen LogP contribution is -2.41. The minimum atomic E-state index is -3.27. The number of aliphatic carboxylic acids is 1. The number of nitrogens with one attached hydrogen (secondary N) is 3. The van der Waals surface area contributed by atoms with Gasteiger partial charge in [-0.3, -0.25) is 10.1 Å². The van der Waals surface area contributed by atoms with Crippen LogP contribution in [0.1, 0.15) is 20.3 Å². The van der Waals surface area contributed by atoms with Gasteiger partial charge < -0.3 is 10.4 Å². The number of carbonyl (C=O) groups is 3. The fourth-order valence-corrected chi connectivity index (χ4v) is 1.63. The van der Waals surface area contributed by atoms with Gasteiger partial charge in [0.2, 0.25) is 10.0 Å². The van der Waals surface area contributed by atoms with Crippen molar-refractivity contribution >= 4 is 27.9 Å². The minimum Gasteiger partial charge on any atom is -0.478 e. The highest BCUT2D eigenvalue weighted by Gasteiger charge is 2.14. The summed E-state index contributed by atoms with van der Waals surface area (Å²) in [6.07, 6.45) is 1.36. The predicted molar refractivity (Wildman–Crippen MR) is 75.0 cm³/mol. The Labute approximate surface area is 122 Å². The molecular weight excluding hydrogens is 302 g/mol. The van der Waals surface area contributed by atoms with Crippen LogP contribution in [0.25, 0.3) is 0 Å². The standard InChI is InChI=1S/C11H19N3O6S/c1-7(8(2)10(16)17)9(15)14-11(18)12-5-4-6-13-21(3,19)20/h13H,4-6H2,1-3H3,(H,16,17)(H2,12,14,15,18). The van der Waals surface area contributed by atoms with E-state index in [9.17, 15) is 22.8 Å². The third kappa shape index (κ3) is 8.76. The maximum atomic E-state index is 11.5. The summed E-state index contributed by atoms with van der Waals surface area (Å²) in [7, 11) is -3.27. The first-order chi connectivity index (χ1) is 9.54. The lowest BCUT2D eigenvalue weighted by atomic mass is 10.1. The molecule has 0 atom stereocenters. The molecule has 0 aromatic carbocycles. The highest BCUT2D eigenvalue weighted by Crippen LogP contribution is 2.03. The number of rotatable bonds is 7. The van der Waals surface area contributed by atoms with Crippen molar-refractivity contribution in [2.24, 2.45) is 0 Å².